The Kier molecular flexibility index (Phi) is 16.4. The van der Waals surface area contributed by atoms with Gasteiger partial charge in [0.1, 0.15) is 6.10 Å². The summed E-state index contributed by atoms with van der Waals surface area (Å²) in [4.78, 5) is 11.7. The van der Waals surface area contributed by atoms with Crippen LogP contribution in [0.15, 0.2) is 12.2 Å². The topological polar surface area (TPSA) is 94.8 Å². The summed E-state index contributed by atoms with van der Waals surface area (Å²) in [5.41, 5.74) is -0.527. The predicted octanol–water partition coefficient (Wildman–Crippen LogP) is 4.27. The zero-order valence-corrected chi connectivity index (χ0v) is 16.5. The molecular weight excluding hydrogens is 339 g/mol. The van der Waals surface area contributed by atoms with E-state index in [-0.39, 0.29) is 6.42 Å². The second-order valence-electron chi connectivity index (χ2n) is 6.51. The summed E-state index contributed by atoms with van der Waals surface area (Å²) >= 11 is 0. The molecule has 3 atom stereocenters. The smallest absolute Gasteiger partial charge is 0.393 e. The van der Waals surface area contributed by atoms with Crippen molar-refractivity contribution in [3.8, 4) is 0 Å². The molecule has 0 saturated carbocycles. The molecule has 5 nitrogen and oxygen atoms in total. The van der Waals surface area contributed by atoms with Crippen LogP contribution in [-0.4, -0.2) is 39.4 Å². The fourth-order valence-corrected chi connectivity index (χ4v) is 3.58. The van der Waals surface area contributed by atoms with E-state index >= 15 is 0 Å². The van der Waals surface area contributed by atoms with Gasteiger partial charge >= 0.3 is 13.3 Å². The average molecular weight is 375 g/mol. The van der Waals surface area contributed by atoms with Crippen LogP contribution in [0.2, 0.25) is 0 Å². The molecule has 3 unspecified atom stereocenters. The minimum atomic E-state index is -2.54. The average Bonchev–Trinajstić information content (AvgIpc) is 2.63. The van der Waals surface area contributed by atoms with E-state index in [0.717, 1.165) is 32.1 Å². The van der Waals surface area contributed by atoms with Gasteiger partial charge in [-0.2, -0.15) is 0 Å². The first-order valence-electron chi connectivity index (χ1n) is 9.65. The van der Waals surface area contributed by atoms with Crippen molar-refractivity contribution in [3.05, 3.63) is 12.2 Å². The van der Waals surface area contributed by atoms with Crippen molar-refractivity contribution in [2.45, 2.75) is 95.9 Å². The van der Waals surface area contributed by atoms with E-state index in [4.69, 9.17) is 5.11 Å². The first-order chi connectivity index (χ1) is 12.0. The molecule has 0 aromatic rings. The van der Waals surface area contributed by atoms with Crippen molar-refractivity contribution >= 4 is 13.3 Å². The largest absolute Gasteiger partial charge is 0.448 e. The molecule has 0 aliphatic heterocycles. The number of unbranched alkanes of at least 4 members (excludes halogenated alkanes) is 9. The highest BCUT2D eigenvalue weighted by molar-refractivity contribution is 7.64. The van der Waals surface area contributed by atoms with Crippen molar-refractivity contribution < 1.29 is 24.7 Å². The fraction of sp³-hybridized carbons (Fsp3) is 0.842. The van der Waals surface area contributed by atoms with E-state index in [1.54, 1.807) is 0 Å². The highest BCUT2D eigenvalue weighted by Crippen LogP contribution is 2.31. The maximum absolute atomic E-state index is 11.7. The van der Waals surface area contributed by atoms with Crippen LogP contribution in [0.3, 0.4) is 0 Å². The third-order valence-corrected chi connectivity index (χ3v) is 5.71. The van der Waals surface area contributed by atoms with Crippen molar-refractivity contribution in [2.24, 2.45) is 0 Å². The summed E-state index contributed by atoms with van der Waals surface area (Å²) in [5, 5.41) is 27.3. The lowest BCUT2D eigenvalue weighted by Crippen LogP contribution is -2.27. The van der Waals surface area contributed by atoms with E-state index in [2.05, 4.69) is 19.1 Å². The third kappa shape index (κ3) is 13.3. The van der Waals surface area contributed by atoms with Crippen molar-refractivity contribution in [3.63, 3.8) is 0 Å². The zero-order chi connectivity index (χ0) is 18.9. The van der Waals surface area contributed by atoms with Crippen LogP contribution in [0.5, 0.6) is 0 Å². The van der Waals surface area contributed by atoms with Gasteiger partial charge in [-0.15, -0.1) is 0 Å². The first-order valence-corrected chi connectivity index (χ1v) is 11.0. The zero-order valence-electron chi connectivity index (χ0n) is 15.6. The quantitative estimate of drug-likeness (QED) is 0.200. The normalized spacial score (nSPS) is 14.6. The van der Waals surface area contributed by atoms with Gasteiger partial charge < -0.3 is 15.3 Å². The fourth-order valence-electron chi connectivity index (χ4n) is 2.50. The molecule has 3 N–H and O–H groups in total. The van der Waals surface area contributed by atoms with Crippen LogP contribution in [0.4, 0.5) is 0 Å². The van der Waals surface area contributed by atoms with E-state index in [1.165, 1.54) is 32.1 Å². The van der Waals surface area contributed by atoms with Crippen LogP contribution < -0.4 is 0 Å². The molecule has 0 radical (unpaired) electrons. The summed E-state index contributed by atoms with van der Waals surface area (Å²) in [5.74, 6) is -1.67. The summed E-state index contributed by atoms with van der Waals surface area (Å²) in [6, 6.07) is 0. The number of aliphatic hydroxyl groups excluding tert-OH is 3. The summed E-state index contributed by atoms with van der Waals surface area (Å²) in [6.45, 7) is 1.51. The van der Waals surface area contributed by atoms with Crippen LogP contribution in [0, 0.1) is 0 Å². The molecule has 0 aliphatic rings. The lowest BCUT2D eigenvalue weighted by Gasteiger charge is -2.04. The molecule has 25 heavy (non-hydrogen) atoms. The highest BCUT2D eigenvalue weighted by atomic mass is 31.1. The van der Waals surface area contributed by atoms with Gasteiger partial charge in [0.05, 0.1) is 13.0 Å². The second kappa shape index (κ2) is 16.8. The highest BCUT2D eigenvalue weighted by Gasteiger charge is 2.41. The molecule has 0 aliphatic carbocycles. The van der Waals surface area contributed by atoms with Gasteiger partial charge in [0.2, 0.25) is 0 Å². The van der Waals surface area contributed by atoms with Gasteiger partial charge in [0, 0.05) is 0 Å². The van der Waals surface area contributed by atoms with Crippen molar-refractivity contribution in [1.29, 1.82) is 0 Å². The molecule has 0 aromatic carbocycles. The maximum Gasteiger partial charge on any atom is 0.448 e. The minimum Gasteiger partial charge on any atom is -0.393 e. The van der Waals surface area contributed by atoms with E-state index in [0.29, 0.717) is 6.42 Å². The van der Waals surface area contributed by atoms with Gasteiger partial charge in [0.15, 0.2) is 0 Å². The Morgan fingerprint density at radius 1 is 0.920 bits per heavy atom. The molecule has 0 heterocycles. The number of carbonyl (C=O) groups excluding carboxylic acids is 1. The molecule has 0 aromatic heterocycles. The lowest BCUT2D eigenvalue weighted by molar-refractivity contribution is -0.112. The minimum absolute atomic E-state index is 0.155. The number of allylic oxidation sites excluding steroid dienone is 2. The van der Waals surface area contributed by atoms with Crippen LogP contribution in [-0.2, 0) is 9.36 Å². The van der Waals surface area contributed by atoms with Crippen LogP contribution in [0.1, 0.15) is 84.0 Å². The third-order valence-electron chi connectivity index (χ3n) is 4.17. The summed E-state index contributed by atoms with van der Waals surface area (Å²) < 4.78 is 11.7. The maximum atomic E-state index is 11.7. The van der Waals surface area contributed by atoms with Gasteiger partial charge in [-0.3, -0.25) is 0 Å². The van der Waals surface area contributed by atoms with E-state index < -0.39 is 31.9 Å². The van der Waals surface area contributed by atoms with Gasteiger partial charge in [0.25, 0.3) is 5.85 Å². The summed E-state index contributed by atoms with van der Waals surface area (Å²) in [7, 11) is -2.54. The van der Waals surface area contributed by atoms with Gasteiger partial charge in [-0.1, -0.05) is 62.2 Å². The molecule has 0 saturated heterocycles. The number of carbonyl (C=O) groups is 1. The molecule has 0 bridgehead atoms. The molecular formula is C19H36O5P+. The lowest BCUT2D eigenvalue weighted by atomic mass is 10.1. The summed E-state index contributed by atoms with van der Waals surface area (Å²) in [6.07, 6.45) is 15.5. The molecule has 6 heteroatoms. The number of aliphatic hydroxyl groups is 3. The molecule has 0 amide bonds. The number of hydrogen-bond acceptors (Lipinski definition) is 5. The van der Waals surface area contributed by atoms with Gasteiger partial charge in [-0.05, 0) is 32.1 Å². The van der Waals surface area contributed by atoms with Crippen LogP contribution in [0.25, 0.3) is 0 Å². The Morgan fingerprint density at radius 2 is 1.44 bits per heavy atom. The SMILES string of the molecule is CCCCCC/C=C\CCCCCCCC(=O)[P+](=O)C(O)C(O)CO. The Hall–Kier alpha value is -0.610. The predicted molar refractivity (Wildman–Crippen MR) is 102 cm³/mol. The van der Waals surface area contributed by atoms with Crippen molar-refractivity contribution in [1.82, 2.24) is 0 Å². The Morgan fingerprint density at radius 3 is 2.00 bits per heavy atom. The van der Waals surface area contributed by atoms with Crippen molar-refractivity contribution in [2.75, 3.05) is 6.61 Å². The molecule has 0 fully saturated rings. The van der Waals surface area contributed by atoms with E-state index in [9.17, 15) is 19.6 Å². The Bertz CT molecular complexity index is 384. The molecule has 146 valence electrons. The number of rotatable bonds is 17. The number of hydrogen-bond donors (Lipinski definition) is 3. The standard InChI is InChI=1S/C19H36O5P/c1-2-3-4-5-6-7-8-9-10-11-12-13-14-15-18(22)25(24)19(23)17(21)16-20/h7-8,17,19-21,23H,2-6,9-16H2,1H3/q+1/b8-7-. The Labute approximate surface area is 153 Å². The first kappa shape index (κ1) is 24.4. The van der Waals surface area contributed by atoms with E-state index in [1.807, 2.05) is 0 Å². The monoisotopic (exact) mass is 375 g/mol. The Balaban J connectivity index is 3.53. The second-order valence-corrected chi connectivity index (χ2v) is 8.19. The molecule has 0 spiro atoms. The van der Waals surface area contributed by atoms with Crippen LogP contribution >= 0.6 is 7.80 Å². The van der Waals surface area contributed by atoms with Gasteiger partial charge in [-0.25, -0.2) is 4.79 Å². The molecule has 0 rings (SSSR count).